The second-order valence-electron chi connectivity index (χ2n) is 4.63. The van der Waals surface area contributed by atoms with Gasteiger partial charge < -0.3 is 21.3 Å². The Hall–Kier alpha value is -1.75. The number of hydrogen-bond acceptors (Lipinski definition) is 4. The van der Waals surface area contributed by atoms with Crippen LogP contribution in [0.25, 0.3) is 0 Å². The molecular formula is C14H22N2O3. The van der Waals surface area contributed by atoms with Gasteiger partial charge in [-0.05, 0) is 24.1 Å². The van der Waals surface area contributed by atoms with Crippen LogP contribution >= 0.6 is 0 Å². The maximum Gasteiger partial charge on any atom is 0.253 e. The van der Waals surface area contributed by atoms with Crippen LogP contribution in [0, 0.1) is 5.92 Å². The molecule has 0 spiro atoms. The van der Waals surface area contributed by atoms with Crippen molar-refractivity contribution >= 4 is 11.6 Å². The highest BCUT2D eigenvalue weighted by Crippen LogP contribution is 2.18. The Morgan fingerprint density at radius 1 is 1.37 bits per heavy atom. The monoisotopic (exact) mass is 266 g/mol. The van der Waals surface area contributed by atoms with Crippen LogP contribution in [0.15, 0.2) is 18.2 Å². The molecule has 5 N–H and O–H groups in total. The van der Waals surface area contributed by atoms with Crippen LogP contribution < -0.4 is 11.1 Å². The molecule has 1 amide bonds. The molecule has 0 fully saturated rings. The van der Waals surface area contributed by atoms with Gasteiger partial charge in [0, 0.05) is 12.2 Å². The van der Waals surface area contributed by atoms with E-state index in [2.05, 4.69) is 5.32 Å². The molecule has 1 atom stereocenters. The number of carbonyl (C=O) groups excluding carboxylic acids is 1. The molecule has 0 bridgehead atoms. The van der Waals surface area contributed by atoms with E-state index in [-0.39, 0.29) is 23.8 Å². The highest BCUT2D eigenvalue weighted by atomic mass is 16.3. The predicted molar refractivity (Wildman–Crippen MR) is 74.9 cm³/mol. The lowest BCUT2D eigenvalue weighted by atomic mass is 9.96. The number of aliphatic hydroxyl groups excluding tert-OH is 1. The lowest BCUT2D eigenvalue weighted by Gasteiger charge is -2.20. The largest absolute Gasteiger partial charge is 0.508 e. The predicted octanol–water partition coefficient (Wildman–Crippen LogP) is 1.50. The van der Waals surface area contributed by atoms with Gasteiger partial charge in [-0.25, -0.2) is 0 Å². The third-order valence-electron chi connectivity index (χ3n) is 3.35. The van der Waals surface area contributed by atoms with Crippen molar-refractivity contribution in [1.82, 2.24) is 5.32 Å². The number of nitrogen functional groups attached to an aromatic ring is 1. The van der Waals surface area contributed by atoms with E-state index in [9.17, 15) is 15.0 Å². The number of amides is 1. The van der Waals surface area contributed by atoms with Crippen molar-refractivity contribution in [3.05, 3.63) is 23.8 Å². The van der Waals surface area contributed by atoms with Crippen molar-refractivity contribution in [1.29, 1.82) is 0 Å². The topological polar surface area (TPSA) is 95.6 Å². The van der Waals surface area contributed by atoms with Gasteiger partial charge in [-0.3, -0.25) is 4.79 Å². The number of phenols is 1. The molecule has 0 aromatic heterocycles. The van der Waals surface area contributed by atoms with E-state index < -0.39 is 12.0 Å². The first-order valence-electron chi connectivity index (χ1n) is 6.54. The summed E-state index contributed by atoms with van der Waals surface area (Å²) in [4.78, 5) is 11.9. The van der Waals surface area contributed by atoms with Crippen molar-refractivity contribution in [3.8, 4) is 5.75 Å². The van der Waals surface area contributed by atoms with Crippen LogP contribution in [-0.2, 0) is 0 Å². The molecule has 5 heteroatoms. The summed E-state index contributed by atoms with van der Waals surface area (Å²) < 4.78 is 0. The first kappa shape index (κ1) is 15.3. The molecule has 5 nitrogen and oxygen atoms in total. The molecule has 1 aromatic carbocycles. The van der Waals surface area contributed by atoms with Gasteiger partial charge in [0.25, 0.3) is 5.91 Å². The third kappa shape index (κ3) is 4.13. The molecule has 106 valence electrons. The van der Waals surface area contributed by atoms with Crippen LogP contribution in [0.4, 0.5) is 5.69 Å². The van der Waals surface area contributed by atoms with Crippen molar-refractivity contribution in [2.45, 2.75) is 32.8 Å². The average molecular weight is 266 g/mol. The van der Waals surface area contributed by atoms with E-state index >= 15 is 0 Å². The van der Waals surface area contributed by atoms with Crippen LogP contribution in [0.1, 0.15) is 37.0 Å². The fourth-order valence-electron chi connectivity index (χ4n) is 2.03. The molecule has 0 aliphatic carbocycles. The summed E-state index contributed by atoms with van der Waals surface area (Å²) in [5.74, 6) is -0.236. The van der Waals surface area contributed by atoms with Gasteiger partial charge >= 0.3 is 0 Å². The summed E-state index contributed by atoms with van der Waals surface area (Å²) in [7, 11) is 0. The molecule has 19 heavy (non-hydrogen) atoms. The van der Waals surface area contributed by atoms with Crippen LogP contribution in [-0.4, -0.2) is 28.8 Å². The number of aromatic hydroxyl groups is 1. The number of anilines is 1. The summed E-state index contributed by atoms with van der Waals surface area (Å²) >= 11 is 0. The molecule has 0 aliphatic rings. The first-order valence-corrected chi connectivity index (χ1v) is 6.54. The maximum atomic E-state index is 11.9. The zero-order valence-electron chi connectivity index (χ0n) is 11.4. The van der Waals surface area contributed by atoms with Crippen molar-refractivity contribution < 1.29 is 15.0 Å². The minimum absolute atomic E-state index is 0.0140. The van der Waals surface area contributed by atoms with Gasteiger partial charge in [-0.2, -0.15) is 0 Å². The molecule has 0 saturated carbocycles. The van der Waals surface area contributed by atoms with E-state index in [0.29, 0.717) is 5.69 Å². The zero-order chi connectivity index (χ0) is 14.4. The minimum atomic E-state index is -0.572. The second kappa shape index (κ2) is 6.99. The SMILES string of the molecule is CCC(CC)C(O)CNC(=O)c1cc(O)ccc1N. The van der Waals surface area contributed by atoms with E-state index in [4.69, 9.17) is 5.73 Å². The lowest BCUT2D eigenvalue weighted by molar-refractivity contribution is 0.0817. The summed E-state index contributed by atoms with van der Waals surface area (Å²) in [5.41, 5.74) is 6.19. The molecule has 0 heterocycles. The standard InChI is InChI=1S/C14H22N2O3/c1-3-9(4-2)13(18)8-16-14(19)11-7-10(17)5-6-12(11)15/h5-7,9,13,17-18H,3-4,8,15H2,1-2H3,(H,16,19). The van der Waals surface area contributed by atoms with E-state index in [1.165, 1.54) is 18.2 Å². The first-order chi connectivity index (χ1) is 8.99. The van der Waals surface area contributed by atoms with Crippen LogP contribution in [0.5, 0.6) is 5.75 Å². The van der Waals surface area contributed by atoms with Gasteiger partial charge in [-0.15, -0.1) is 0 Å². The Labute approximate surface area is 113 Å². The van der Waals surface area contributed by atoms with Gasteiger partial charge in [0.05, 0.1) is 11.7 Å². The zero-order valence-corrected chi connectivity index (χ0v) is 11.4. The van der Waals surface area contributed by atoms with E-state index in [1.807, 2.05) is 13.8 Å². The molecule has 0 aliphatic heterocycles. The normalized spacial score (nSPS) is 12.4. The summed E-state index contributed by atoms with van der Waals surface area (Å²) in [6.45, 7) is 4.19. The van der Waals surface area contributed by atoms with Crippen LogP contribution in [0.2, 0.25) is 0 Å². The minimum Gasteiger partial charge on any atom is -0.508 e. The maximum absolute atomic E-state index is 11.9. The molecule has 0 radical (unpaired) electrons. The molecule has 1 aromatic rings. The number of hydrogen-bond donors (Lipinski definition) is 4. The van der Waals surface area contributed by atoms with Gasteiger partial charge in [0.2, 0.25) is 0 Å². The van der Waals surface area contributed by atoms with Crippen molar-refractivity contribution in [3.63, 3.8) is 0 Å². The number of nitrogens with two attached hydrogens (primary N) is 1. The van der Waals surface area contributed by atoms with Gasteiger partial charge in [0.15, 0.2) is 0 Å². The molecular weight excluding hydrogens is 244 g/mol. The third-order valence-corrected chi connectivity index (χ3v) is 3.35. The number of aliphatic hydroxyl groups is 1. The molecule has 1 unspecified atom stereocenters. The Kier molecular flexibility index (Phi) is 5.63. The number of nitrogens with one attached hydrogen (secondary N) is 1. The number of phenolic OH excluding ortho intramolecular Hbond substituents is 1. The van der Waals surface area contributed by atoms with Crippen molar-refractivity contribution in [2.75, 3.05) is 12.3 Å². The van der Waals surface area contributed by atoms with Gasteiger partial charge in [0.1, 0.15) is 5.75 Å². The van der Waals surface area contributed by atoms with Gasteiger partial charge in [-0.1, -0.05) is 26.7 Å². The van der Waals surface area contributed by atoms with E-state index in [0.717, 1.165) is 12.8 Å². The quantitative estimate of drug-likeness (QED) is 0.463. The highest BCUT2D eigenvalue weighted by molar-refractivity contribution is 5.99. The second-order valence-corrected chi connectivity index (χ2v) is 4.63. The van der Waals surface area contributed by atoms with Crippen molar-refractivity contribution in [2.24, 2.45) is 5.92 Å². The lowest BCUT2D eigenvalue weighted by Crippen LogP contribution is -2.36. The van der Waals surface area contributed by atoms with Crippen LogP contribution in [0.3, 0.4) is 0 Å². The van der Waals surface area contributed by atoms with E-state index in [1.54, 1.807) is 0 Å². The summed E-state index contributed by atoms with van der Waals surface area (Å²) in [5, 5.41) is 21.9. The summed E-state index contributed by atoms with van der Waals surface area (Å²) in [6, 6.07) is 4.21. The smallest absolute Gasteiger partial charge is 0.253 e. The molecule has 0 saturated heterocycles. The Bertz CT molecular complexity index is 431. The highest BCUT2D eigenvalue weighted by Gasteiger charge is 2.17. The Morgan fingerprint density at radius 3 is 2.58 bits per heavy atom. The molecule has 1 rings (SSSR count). The number of carbonyl (C=O) groups is 1. The number of rotatable bonds is 6. The Balaban J connectivity index is 2.63. The average Bonchev–Trinajstić information content (AvgIpc) is 2.40. The number of benzene rings is 1. The Morgan fingerprint density at radius 2 is 2.00 bits per heavy atom. The fraction of sp³-hybridized carbons (Fsp3) is 0.500. The summed E-state index contributed by atoms with van der Waals surface area (Å²) in [6.07, 6.45) is 1.15. The fourth-order valence-corrected chi connectivity index (χ4v) is 2.03.